The molecule has 23 heavy (non-hydrogen) atoms. The van der Waals surface area contributed by atoms with Crippen LogP contribution in [0.3, 0.4) is 0 Å². The molecule has 2 aromatic carbocycles. The number of nitrogens with two attached hydrogens (primary N) is 1. The molecule has 0 fully saturated rings. The molecule has 0 unspecified atom stereocenters. The van der Waals surface area contributed by atoms with Gasteiger partial charge in [0.2, 0.25) is 10.0 Å². The summed E-state index contributed by atoms with van der Waals surface area (Å²) in [5.74, 6) is -0.503. The molecule has 0 aliphatic carbocycles. The smallest absolute Gasteiger partial charge is 0.272 e. The number of rotatable bonds is 5. The van der Waals surface area contributed by atoms with Crippen LogP contribution in [0.25, 0.3) is 0 Å². The maximum Gasteiger partial charge on any atom is 0.295 e. The molecule has 0 amide bonds. The van der Waals surface area contributed by atoms with Crippen molar-refractivity contribution in [1.82, 2.24) is 0 Å². The Balaban J connectivity index is 2.30. The van der Waals surface area contributed by atoms with E-state index in [4.69, 9.17) is 5.14 Å². The fraction of sp³-hybridized carbons (Fsp3) is 0. The van der Waals surface area contributed by atoms with E-state index >= 15 is 0 Å². The summed E-state index contributed by atoms with van der Waals surface area (Å²) in [6, 6.07) is 8.89. The molecule has 0 heterocycles. The number of primary sulfonamides is 1. The second kappa shape index (κ2) is 6.50. The van der Waals surface area contributed by atoms with Crippen molar-refractivity contribution < 1.29 is 17.7 Å². The first-order valence-electron chi connectivity index (χ1n) is 6.14. The molecule has 0 radical (unpaired) electrons. The van der Waals surface area contributed by atoms with Gasteiger partial charge in [-0.05, 0) is 18.2 Å². The standard InChI is InChI=1S/C13H11FN4O4S/c14-11-4-2-1-3-9(11)8-16-17-12-6-5-10(23(15,21)22)7-13(12)18(19)20/h1-8,17H,(H2,15,21,22)/b16-8-. The van der Waals surface area contributed by atoms with E-state index in [0.717, 1.165) is 24.4 Å². The number of nitro groups is 1. The van der Waals surface area contributed by atoms with E-state index in [9.17, 15) is 22.9 Å². The van der Waals surface area contributed by atoms with Gasteiger partial charge in [0.25, 0.3) is 5.69 Å². The van der Waals surface area contributed by atoms with E-state index in [1.54, 1.807) is 6.07 Å². The van der Waals surface area contributed by atoms with Gasteiger partial charge in [-0.2, -0.15) is 5.10 Å². The zero-order chi connectivity index (χ0) is 17.0. The lowest BCUT2D eigenvalue weighted by atomic mass is 10.2. The normalized spacial score (nSPS) is 11.6. The molecule has 0 saturated heterocycles. The third kappa shape index (κ3) is 4.08. The molecule has 10 heteroatoms. The number of anilines is 1. The number of nitrogens with one attached hydrogen (secondary N) is 1. The maximum absolute atomic E-state index is 13.4. The van der Waals surface area contributed by atoms with Crippen molar-refractivity contribution in [2.45, 2.75) is 4.90 Å². The van der Waals surface area contributed by atoms with E-state index in [2.05, 4.69) is 10.5 Å². The largest absolute Gasteiger partial charge is 0.295 e. The SMILES string of the molecule is NS(=O)(=O)c1ccc(N/N=C\c2ccccc2F)c([N+](=O)[O-])c1. The van der Waals surface area contributed by atoms with Gasteiger partial charge in [0.15, 0.2) is 0 Å². The number of nitrogens with zero attached hydrogens (tertiary/aromatic N) is 2. The summed E-state index contributed by atoms with van der Waals surface area (Å²) < 4.78 is 35.8. The summed E-state index contributed by atoms with van der Waals surface area (Å²) in [6.45, 7) is 0. The van der Waals surface area contributed by atoms with Crippen LogP contribution < -0.4 is 10.6 Å². The van der Waals surface area contributed by atoms with Crippen LogP contribution in [0.2, 0.25) is 0 Å². The zero-order valence-electron chi connectivity index (χ0n) is 11.5. The van der Waals surface area contributed by atoms with E-state index in [-0.39, 0.29) is 11.3 Å². The van der Waals surface area contributed by atoms with E-state index in [0.29, 0.717) is 0 Å². The predicted molar refractivity (Wildman–Crippen MR) is 82.1 cm³/mol. The van der Waals surface area contributed by atoms with Crippen LogP contribution in [-0.2, 0) is 10.0 Å². The molecule has 0 spiro atoms. The minimum Gasteiger partial charge on any atom is -0.272 e. The van der Waals surface area contributed by atoms with Gasteiger partial charge in [0.05, 0.1) is 16.0 Å². The highest BCUT2D eigenvalue weighted by Crippen LogP contribution is 2.27. The van der Waals surface area contributed by atoms with Crippen LogP contribution in [-0.4, -0.2) is 19.6 Å². The Bertz CT molecular complexity index is 883. The molecule has 8 nitrogen and oxygen atoms in total. The number of benzene rings is 2. The molecule has 0 bridgehead atoms. The highest BCUT2D eigenvalue weighted by Gasteiger charge is 2.18. The summed E-state index contributed by atoms with van der Waals surface area (Å²) >= 11 is 0. The number of sulfonamides is 1. The number of hydrogen-bond donors (Lipinski definition) is 2. The van der Waals surface area contributed by atoms with Crippen LogP contribution in [0.1, 0.15) is 5.56 Å². The molecule has 0 aliphatic heterocycles. The molecule has 2 aromatic rings. The Morgan fingerprint density at radius 2 is 1.96 bits per heavy atom. The summed E-state index contributed by atoms with van der Waals surface area (Å²) in [7, 11) is -4.06. The van der Waals surface area contributed by atoms with E-state index in [1.807, 2.05) is 0 Å². The fourth-order valence-electron chi connectivity index (χ4n) is 1.69. The molecular weight excluding hydrogens is 327 g/mol. The van der Waals surface area contributed by atoms with Gasteiger partial charge in [-0.15, -0.1) is 0 Å². The minimum absolute atomic E-state index is 0.0602. The van der Waals surface area contributed by atoms with Gasteiger partial charge < -0.3 is 0 Å². The second-order valence-corrected chi connectivity index (χ2v) is 5.93. The zero-order valence-corrected chi connectivity index (χ0v) is 12.3. The Hall–Kier alpha value is -2.85. The highest BCUT2D eigenvalue weighted by atomic mass is 32.2. The van der Waals surface area contributed by atoms with Crippen LogP contribution in [0.4, 0.5) is 15.8 Å². The number of hydrazone groups is 1. The van der Waals surface area contributed by atoms with E-state index in [1.165, 1.54) is 18.2 Å². The lowest BCUT2D eigenvalue weighted by Gasteiger charge is -2.04. The number of nitro benzene ring substituents is 1. The van der Waals surface area contributed by atoms with Crippen molar-refractivity contribution in [3.8, 4) is 0 Å². The van der Waals surface area contributed by atoms with Gasteiger partial charge in [-0.1, -0.05) is 18.2 Å². The Labute approximate surface area is 130 Å². The third-order valence-corrected chi connectivity index (χ3v) is 3.70. The summed E-state index contributed by atoms with van der Waals surface area (Å²) in [6.07, 6.45) is 1.15. The van der Waals surface area contributed by atoms with Crippen molar-refractivity contribution in [1.29, 1.82) is 0 Å². The first-order valence-corrected chi connectivity index (χ1v) is 7.68. The third-order valence-electron chi connectivity index (χ3n) is 2.79. The van der Waals surface area contributed by atoms with Crippen molar-refractivity contribution in [3.05, 3.63) is 64.0 Å². The number of halogens is 1. The molecule has 0 saturated carbocycles. The Morgan fingerprint density at radius 3 is 2.57 bits per heavy atom. The molecule has 0 aromatic heterocycles. The molecular formula is C13H11FN4O4S. The maximum atomic E-state index is 13.4. The monoisotopic (exact) mass is 338 g/mol. The summed E-state index contributed by atoms with van der Waals surface area (Å²) in [5.41, 5.74) is 1.97. The van der Waals surface area contributed by atoms with E-state index < -0.39 is 31.3 Å². The minimum atomic E-state index is -4.06. The first kappa shape index (κ1) is 16.5. The molecule has 120 valence electrons. The van der Waals surface area contributed by atoms with Gasteiger partial charge in [-0.25, -0.2) is 17.9 Å². The van der Waals surface area contributed by atoms with Crippen molar-refractivity contribution in [2.24, 2.45) is 10.2 Å². The van der Waals surface area contributed by atoms with Gasteiger partial charge in [0, 0.05) is 11.6 Å². The summed E-state index contributed by atoms with van der Waals surface area (Å²) in [5, 5.41) is 19.6. The summed E-state index contributed by atoms with van der Waals surface area (Å²) in [4.78, 5) is 9.83. The predicted octanol–water partition coefficient (Wildman–Crippen LogP) is 1.83. The Morgan fingerprint density at radius 1 is 1.26 bits per heavy atom. The topological polar surface area (TPSA) is 128 Å². The van der Waals surface area contributed by atoms with Crippen LogP contribution in [0.5, 0.6) is 0 Å². The van der Waals surface area contributed by atoms with Gasteiger partial charge >= 0.3 is 0 Å². The van der Waals surface area contributed by atoms with Crippen LogP contribution >= 0.6 is 0 Å². The van der Waals surface area contributed by atoms with Crippen LogP contribution in [0.15, 0.2) is 52.5 Å². The number of hydrogen-bond acceptors (Lipinski definition) is 6. The highest BCUT2D eigenvalue weighted by molar-refractivity contribution is 7.89. The quantitative estimate of drug-likeness (QED) is 0.488. The van der Waals surface area contributed by atoms with Gasteiger partial charge in [-0.3, -0.25) is 15.5 Å². The molecule has 0 aliphatic rings. The molecule has 2 rings (SSSR count). The molecule has 3 N–H and O–H groups in total. The lowest BCUT2D eigenvalue weighted by molar-refractivity contribution is -0.384. The average Bonchev–Trinajstić information content (AvgIpc) is 2.48. The van der Waals surface area contributed by atoms with Crippen molar-refractivity contribution in [2.75, 3.05) is 5.43 Å². The average molecular weight is 338 g/mol. The molecule has 0 atom stereocenters. The first-order chi connectivity index (χ1) is 10.8. The Kier molecular flexibility index (Phi) is 4.67. The van der Waals surface area contributed by atoms with Crippen molar-refractivity contribution in [3.63, 3.8) is 0 Å². The van der Waals surface area contributed by atoms with Crippen LogP contribution in [0, 0.1) is 15.9 Å². The van der Waals surface area contributed by atoms with Crippen molar-refractivity contribution >= 4 is 27.6 Å². The van der Waals surface area contributed by atoms with Gasteiger partial charge in [0.1, 0.15) is 11.5 Å². The lowest BCUT2D eigenvalue weighted by Crippen LogP contribution is -2.12. The fourth-order valence-corrected chi connectivity index (χ4v) is 2.22. The second-order valence-electron chi connectivity index (χ2n) is 4.37.